The normalized spacial score (nSPS) is 10.8. The van der Waals surface area contributed by atoms with E-state index >= 15 is 0 Å². The van der Waals surface area contributed by atoms with Gasteiger partial charge in [-0.15, -0.1) is 0 Å². The second-order valence-corrected chi connectivity index (χ2v) is 4.61. The second kappa shape index (κ2) is 5.24. The number of nitrogen functional groups attached to an aromatic ring is 1. The van der Waals surface area contributed by atoms with Gasteiger partial charge in [0.25, 0.3) is 5.91 Å². The van der Waals surface area contributed by atoms with Gasteiger partial charge in [0, 0.05) is 11.1 Å². The maximum absolute atomic E-state index is 11.9. The smallest absolute Gasteiger partial charge is 0.265 e. The van der Waals surface area contributed by atoms with Crippen molar-refractivity contribution in [2.75, 3.05) is 7.11 Å². The number of hydrazine groups is 1. The Bertz CT molecular complexity index is 623. The fourth-order valence-electron chi connectivity index (χ4n) is 1.91. The Balaban J connectivity index is 2.74. The quantitative estimate of drug-likeness (QED) is 0.502. The molecule has 1 amide bonds. The molecule has 5 nitrogen and oxygen atoms in total. The van der Waals surface area contributed by atoms with Crippen molar-refractivity contribution < 1.29 is 9.53 Å². The topological polar surface area (TPSA) is 77.2 Å². The van der Waals surface area contributed by atoms with Gasteiger partial charge in [0.1, 0.15) is 5.75 Å². The van der Waals surface area contributed by atoms with E-state index in [0.29, 0.717) is 11.3 Å². The van der Waals surface area contributed by atoms with Gasteiger partial charge in [0.2, 0.25) is 0 Å². The van der Waals surface area contributed by atoms with Gasteiger partial charge in [-0.3, -0.25) is 15.2 Å². The molecule has 1 aromatic heterocycles. The third kappa shape index (κ3) is 2.51. The minimum Gasteiger partial charge on any atom is -0.497 e. The highest BCUT2D eigenvalue weighted by Crippen LogP contribution is 2.26. The molecule has 100 valence electrons. The summed E-state index contributed by atoms with van der Waals surface area (Å²) in [4.78, 5) is 16.4. The number of hydrogen-bond acceptors (Lipinski definition) is 4. The highest BCUT2D eigenvalue weighted by Gasteiger charge is 2.14. The summed E-state index contributed by atoms with van der Waals surface area (Å²) in [7, 11) is 1.58. The molecule has 1 heterocycles. The molecule has 0 bridgehead atoms. The number of nitrogens with one attached hydrogen (secondary N) is 1. The number of fused-ring (bicyclic) bond motifs is 1. The molecule has 2 aromatic rings. The van der Waals surface area contributed by atoms with E-state index in [0.717, 1.165) is 16.6 Å². The number of amides is 1. The molecule has 2 rings (SSSR count). The number of methoxy groups -OCH3 is 1. The maximum atomic E-state index is 11.9. The van der Waals surface area contributed by atoms with Crippen molar-refractivity contribution in [3.05, 3.63) is 35.5 Å². The summed E-state index contributed by atoms with van der Waals surface area (Å²) in [5, 5.41) is 0.728. The van der Waals surface area contributed by atoms with E-state index in [-0.39, 0.29) is 11.8 Å². The first-order chi connectivity index (χ1) is 9.06. The first kappa shape index (κ1) is 13.3. The number of nitrogens with two attached hydrogens (primary N) is 1. The van der Waals surface area contributed by atoms with Gasteiger partial charge in [0.05, 0.1) is 18.2 Å². The SMILES string of the molecule is COc1ccc2nc(C(C)C)cc(C(=O)NN)c2c1. The Hall–Kier alpha value is -2.14. The van der Waals surface area contributed by atoms with E-state index in [4.69, 9.17) is 10.6 Å². The van der Waals surface area contributed by atoms with Crippen molar-refractivity contribution in [2.45, 2.75) is 19.8 Å². The summed E-state index contributed by atoms with van der Waals surface area (Å²) in [5.41, 5.74) is 4.29. The predicted octanol–water partition coefficient (Wildman–Crippen LogP) is 1.97. The summed E-state index contributed by atoms with van der Waals surface area (Å²) in [5.74, 6) is 5.82. The lowest BCUT2D eigenvalue weighted by Gasteiger charge is -2.11. The summed E-state index contributed by atoms with van der Waals surface area (Å²) in [6.45, 7) is 4.06. The van der Waals surface area contributed by atoms with E-state index in [1.54, 1.807) is 19.2 Å². The molecule has 0 aliphatic heterocycles. The minimum absolute atomic E-state index is 0.232. The van der Waals surface area contributed by atoms with Crippen molar-refractivity contribution in [3.8, 4) is 5.75 Å². The maximum Gasteiger partial charge on any atom is 0.265 e. The predicted molar refractivity (Wildman–Crippen MR) is 74.0 cm³/mol. The van der Waals surface area contributed by atoms with Crippen LogP contribution in [0.3, 0.4) is 0 Å². The third-order valence-electron chi connectivity index (χ3n) is 3.00. The van der Waals surface area contributed by atoms with Crippen LogP contribution in [0.15, 0.2) is 24.3 Å². The van der Waals surface area contributed by atoms with E-state index < -0.39 is 0 Å². The van der Waals surface area contributed by atoms with Crippen LogP contribution in [0.1, 0.15) is 35.8 Å². The van der Waals surface area contributed by atoms with Crippen LogP contribution in [-0.2, 0) is 0 Å². The van der Waals surface area contributed by atoms with Crippen LogP contribution >= 0.6 is 0 Å². The van der Waals surface area contributed by atoms with Gasteiger partial charge in [-0.1, -0.05) is 13.8 Å². The Morgan fingerprint density at radius 2 is 2.11 bits per heavy atom. The number of carbonyl (C=O) groups excluding carboxylic acids is 1. The molecule has 0 saturated heterocycles. The number of nitrogens with zero attached hydrogens (tertiary/aromatic N) is 1. The molecule has 1 aromatic carbocycles. The first-order valence-corrected chi connectivity index (χ1v) is 6.06. The fraction of sp³-hybridized carbons (Fsp3) is 0.286. The number of rotatable bonds is 3. The van der Waals surface area contributed by atoms with Crippen LogP contribution < -0.4 is 16.0 Å². The molecule has 0 aliphatic carbocycles. The molecule has 0 spiro atoms. The lowest BCUT2D eigenvalue weighted by atomic mass is 10.0. The van der Waals surface area contributed by atoms with E-state index in [2.05, 4.69) is 10.4 Å². The molecule has 0 aliphatic rings. The minimum atomic E-state index is -0.331. The summed E-state index contributed by atoms with van der Waals surface area (Å²) in [6.07, 6.45) is 0. The Morgan fingerprint density at radius 3 is 2.68 bits per heavy atom. The fourth-order valence-corrected chi connectivity index (χ4v) is 1.91. The number of carbonyl (C=O) groups is 1. The molecule has 19 heavy (non-hydrogen) atoms. The van der Waals surface area contributed by atoms with Gasteiger partial charge in [-0.05, 0) is 30.2 Å². The molecular formula is C14H17N3O2. The van der Waals surface area contributed by atoms with E-state index in [9.17, 15) is 4.79 Å². The number of ether oxygens (including phenoxy) is 1. The highest BCUT2D eigenvalue weighted by atomic mass is 16.5. The summed E-state index contributed by atoms with van der Waals surface area (Å²) < 4.78 is 5.18. The van der Waals surface area contributed by atoms with E-state index in [1.807, 2.05) is 26.0 Å². The van der Waals surface area contributed by atoms with Crippen LogP contribution in [0.25, 0.3) is 10.9 Å². The summed E-state index contributed by atoms with van der Waals surface area (Å²) in [6, 6.07) is 7.22. The first-order valence-electron chi connectivity index (χ1n) is 6.06. The monoisotopic (exact) mass is 259 g/mol. The Kier molecular flexibility index (Phi) is 3.66. The largest absolute Gasteiger partial charge is 0.497 e. The van der Waals surface area contributed by atoms with Gasteiger partial charge < -0.3 is 4.74 Å². The highest BCUT2D eigenvalue weighted by molar-refractivity contribution is 6.06. The Labute approximate surface area is 111 Å². The van der Waals surface area contributed by atoms with Crippen LogP contribution in [0.5, 0.6) is 5.75 Å². The number of hydrogen-bond donors (Lipinski definition) is 2. The molecule has 0 saturated carbocycles. The van der Waals surface area contributed by atoms with Gasteiger partial charge >= 0.3 is 0 Å². The van der Waals surface area contributed by atoms with Crippen molar-refractivity contribution >= 4 is 16.8 Å². The average molecular weight is 259 g/mol. The number of benzene rings is 1. The van der Waals surface area contributed by atoms with Crippen LogP contribution in [0.4, 0.5) is 0 Å². The van der Waals surface area contributed by atoms with Crippen molar-refractivity contribution in [1.29, 1.82) is 0 Å². The van der Waals surface area contributed by atoms with Crippen molar-refractivity contribution in [2.24, 2.45) is 5.84 Å². The molecular weight excluding hydrogens is 242 g/mol. The second-order valence-electron chi connectivity index (χ2n) is 4.61. The standard InChI is InChI=1S/C14H17N3O2/c1-8(2)13-7-11(14(18)17-15)10-6-9(19-3)4-5-12(10)16-13/h4-8H,15H2,1-3H3,(H,17,18). The summed E-state index contributed by atoms with van der Waals surface area (Å²) >= 11 is 0. The van der Waals surface area contributed by atoms with Gasteiger partial charge in [0.15, 0.2) is 0 Å². The molecule has 0 fully saturated rings. The zero-order valence-electron chi connectivity index (χ0n) is 11.2. The molecule has 3 N–H and O–H groups in total. The van der Waals surface area contributed by atoms with E-state index in [1.165, 1.54) is 0 Å². The van der Waals surface area contributed by atoms with Crippen molar-refractivity contribution in [1.82, 2.24) is 10.4 Å². The van der Waals surface area contributed by atoms with Crippen LogP contribution in [0, 0.1) is 0 Å². The number of aromatic nitrogens is 1. The van der Waals surface area contributed by atoms with Crippen LogP contribution in [0.2, 0.25) is 0 Å². The zero-order valence-corrected chi connectivity index (χ0v) is 11.2. The third-order valence-corrected chi connectivity index (χ3v) is 3.00. The molecule has 0 unspecified atom stereocenters. The lowest BCUT2D eigenvalue weighted by molar-refractivity contribution is 0.0955. The molecule has 0 radical (unpaired) electrons. The van der Waals surface area contributed by atoms with Gasteiger partial charge in [-0.25, -0.2) is 5.84 Å². The van der Waals surface area contributed by atoms with Gasteiger partial charge in [-0.2, -0.15) is 0 Å². The van der Waals surface area contributed by atoms with Crippen molar-refractivity contribution in [3.63, 3.8) is 0 Å². The molecule has 0 atom stereocenters. The Morgan fingerprint density at radius 1 is 1.37 bits per heavy atom. The zero-order chi connectivity index (χ0) is 14.0. The molecule has 5 heteroatoms. The van der Waals surface area contributed by atoms with Crippen LogP contribution in [-0.4, -0.2) is 18.0 Å². The lowest BCUT2D eigenvalue weighted by Crippen LogP contribution is -2.30. The number of pyridine rings is 1. The average Bonchev–Trinajstić information content (AvgIpc) is 2.44.